The molecule has 8 heteroatoms. The predicted molar refractivity (Wildman–Crippen MR) is 91.5 cm³/mol. The molecule has 1 atom stereocenters. The lowest BCUT2D eigenvalue weighted by Gasteiger charge is -2.13. The van der Waals surface area contributed by atoms with Crippen molar-refractivity contribution in [2.75, 3.05) is 0 Å². The molecular weight excluding hydrogens is 336 g/mol. The molecule has 0 aliphatic heterocycles. The normalized spacial score (nSPS) is 12.9. The van der Waals surface area contributed by atoms with Crippen LogP contribution in [0.4, 0.5) is 0 Å². The first kappa shape index (κ1) is 17.0. The summed E-state index contributed by atoms with van der Waals surface area (Å²) in [6.07, 6.45) is 0.0112. The van der Waals surface area contributed by atoms with Crippen LogP contribution in [0.3, 0.4) is 0 Å². The molecule has 2 aromatic heterocycles. The number of imidazole rings is 1. The van der Waals surface area contributed by atoms with Crippen molar-refractivity contribution in [3.8, 4) is 6.07 Å². The van der Waals surface area contributed by atoms with Gasteiger partial charge in [-0.1, -0.05) is 12.1 Å². The van der Waals surface area contributed by atoms with Crippen LogP contribution in [0.1, 0.15) is 23.2 Å². The standard InChI is InChI=1S/C18H14N4O4/c1-11(26-18(24)15-8-4-5-9-22(15)25)16(23)12(10-19)17-20-13-6-2-3-7-14(13)21-17/h2-9,11,23H,1H3,(H,20,21)/b16-12-/t11-/m1/s1. The molecule has 0 bridgehead atoms. The molecule has 8 nitrogen and oxygen atoms in total. The van der Waals surface area contributed by atoms with Crippen molar-refractivity contribution in [3.63, 3.8) is 0 Å². The van der Waals surface area contributed by atoms with E-state index in [-0.39, 0.29) is 17.1 Å². The summed E-state index contributed by atoms with van der Waals surface area (Å²) in [6, 6.07) is 13.3. The number of nitriles is 1. The number of nitrogens with one attached hydrogen (secondary N) is 1. The molecule has 26 heavy (non-hydrogen) atoms. The summed E-state index contributed by atoms with van der Waals surface area (Å²) >= 11 is 0. The van der Waals surface area contributed by atoms with E-state index in [1.54, 1.807) is 18.2 Å². The average Bonchev–Trinajstić information content (AvgIpc) is 3.06. The summed E-state index contributed by atoms with van der Waals surface area (Å²) in [6.45, 7) is 1.39. The number of hydrogen-bond acceptors (Lipinski definition) is 6. The maximum Gasteiger partial charge on any atom is 0.405 e. The van der Waals surface area contributed by atoms with Crippen LogP contribution in [0.25, 0.3) is 16.6 Å². The van der Waals surface area contributed by atoms with Crippen LogP contribution in [0, 0.1) is 16.5 Å². The number of esters is 1. The second kappa shape index (κ2) is 6.94. The largest absolute Gasteiger partial charge is 0.618 e. The first-order valence-electron chi connectivity index (χ1n) is 7.68. The number of para-hydroxylation sites is 2. The highest BCUT2D eigenvalue weighted by molar-refractivity contribution is 5.86. The minimum Gasteiger partial charge on any atom is -0.618 e. The molecular formula is C18H14N4O4. The SMILES string of the molecule is C[C@@H](OC(=O)c1cccc[n+]1[O-])/C(O)=C(\C#N)c1nc2ccccc2[nH]1. The second-order valence-corrected chi connectivity index (χ2v) is 5.43. The molecule has 130 valence electrons. The summed E-state index contributed by atoms with van der Waals surface area (Å²) in [5, 5.41) is 31.3. The van der Waals surface area contributed by atoms with Crippen molar-refractivity contribution in [2.45, 2.75) is 13.0 Å². The van der Waals surface area contributed by atoms with Gasteiger partial charge in [0, 0.05) is 12.1 Å². The number of allylic oxidation sites excluding steroid dienone is 1. The van der Waals surface area contributed by atoms with Crippen LogP contribution in [-0.4, -0.2) is 27.1 Å². The summed E-state index contributed by atoms with van der Waals surface area (Å²) in [4.78, 5) is 19.3. The van der Waals surface area contributed by atoms with Gasteiger partial charge in [0.25, 0.3) is 0 Å². The van der Waals surface area contributed by atoms with Crippen molar-refractivity contribution in [2.24, 2.45) is 0 Å². The van der Waals surface area contributed by atoms with E-state index in [9.17, 15) is 20.4 Å². The van der Waals surface area contributed by atoms with Gasteiger partial charge in [-0.25, -0.2) is 9.78 Å². The van der Waals surface area contributed by atoms with Gasteiger partial charge in [-0.3, -0.25) is 0 Å². The van der Waals surface area contributed by atoms with Crippen LogP contribution in [0.15, 0.2) is 54.4 Å². The summed E-state index contributed by atoms with van der Waals surface area (Å²) in [5.41, 5.74) is 0.952. The van der Waals surface area contributed by atoms with E-state index < -0.39 is 17.8 Å². The number of carbonyl (C=O) groups excluding carboxylic acids is 1. The first-order valence-corrected chi connectivity index (χ1v) is 7.68. The van der Waals surface area contributed by atoms with Crippen molar-refractivity contribution >= 4 is 22.6 Å². The van der Waals surface area contributed by atoms with Crippen molar-refractivity contribution in [3.05, 3.63) is 71.1 Å². The Bertz CT molecular complexity index is 1020. The van der Waals surface area contributed by atoms with Gasteiger partial charge >= 0.3 is 11.7 Å². The smallest absolute Gasteiger partial charge is 0.405 e. The molecule has 2 heterocycles. The number of aliphatic hydroxyl groups excluding tert-OH is 1. The summed E-state index contributed by atoms with van der Waals surface area (Å²) in [7, 11) is 0. The third kappa shape index (κ3) is 3.18. The lowest BCUT2D eigenvalue weighted by molar-refractivity contribution is -0.608. The number of hydrogen-bond donors (Lipinski definition) is 2. The number of rotatable bonds is 4. The Morgan fingerprint density at radius 2 is 2.08 bits per heavy atom. The average molecular weight is 350 g/mol. The van der Waals surface area contributed by atoms with Crippen LogP contribution < -0.4 is 4.73 Å². The topological polar surface area (TPSA) is 126 Å². The molecule has 0 unspecified atom stereocenters. The number of aromatic nitrogens is 3. The lowest BCUT2D eigenvalue weighted by atomic mass is 10.1. The summed E-state index contributed by atoms with van der Waals surface area (Å²) < 4.78 is 5.46. The van der Waals surface area contributed by atoms with Crippen LogP contribution in [0.2, 0.25) is 0 Å². The van der Waals surface area contributed by atoms with Crippen molar-refractivity contribution < 1.29 is 19.4 Å². The molecule has 0 spiro atoms. The Balaban J connectivity index is 1.89. The number of benzene rings is 1. The minimum absolute atomic E-state index is 0.149. The monoisotopic (exact) mass is 350 g/mol. The molecule has 0 aliphatic carbocycles. The van der Waals surface area contributed by atoms with E-state index >= 15 is 0 Å². The molecule has 3 rings (SSSR count). The number of aliphatic hydroxyl groups is 1. The van der Waals surface area contributed by atoms with Gasteiger partial charge in [-0.05, 0) is 25.1 Å². The number of fused-ring (bicyclic) bond motifs is 1. The van der Waals surface area contributed by atoms with Crippen LogP contribution in [-0.2, 0) is 4.74 Å². The van der Waals surface area contributed by atoms with Crippen molar-refractivity contribution in [1.29, 1.82) is 5.26 Å². The predicted octanol–water partition coefficient (Wildman–Crippen LogP) is 2.23. The Morgan fingerprint density at radius 1 is 1.35 bits per heavy atom. The fourth-order valence-electron chi connectivity index (χ4n) is 2.37. The van der Waals surface area contributed by atoms with E-state index in [1.165, 1.54) is 25.1 Å². The fourth-order valence-corrected chi connectivity index (χ4v) is 2.37. The highest BCUT2D eigenvalue weighted by Gasteiger charge is 2.25. The Labute approximate surface area is 148 Å². The number of pyridine rings is 1. The Morgan fingerprint density at radius 3 is 2.77 bits per heavy atom. The number of nitrogens with zero attached hydrogens (tertiary/aromatic N) is 3. The van der Waals surface area contributed by atoms with Gasteiger partial charge in [0.2, 0.25) is 0 Å². The van der Waals surface area contributed by atoms with Gasteiger partial charge in [0.15, 0.2) is 23.9 Å². The molecule has 1 aromatic carbocycles. The molecule has 3 aromatic rings. The number of carbonyl (C=O) groups is 1. The van der Waals surface area contributed by atoms with E-state index in [0.717, 1.165) is 6.20 Å². The van der Waals surface area contributed by atoms with Crippen molar-refractivity contribution in [1.82, 2.24) is 9.97 Å². The molecule has 0 radical (unpaired) electrons. The Hall–Kier alpha value is -3.86. The van der Waals surface area contributed by atoms with E-state index in [2.05, 4.69) is 9.97 Å². The first-order chi connectivity index (χ1) is 12.5. The molecule has 0 aliphatic rings. The maximum atomic E-state index is 12.1. The minimum atomic E-state index is -1.15. The zero-order valence-corrected chi connectivity index (χ0v) is 13.7. The van der Waals surface area contributed by atoms with E-state index in [4.69, 9.17) is 4.74 Å². The van der Waals surface area contributed by atoms with Gasteiger partial charge in [0.1, 0.15) is 11.6 Å². The third-order valence-electron chi connectivity index (χ3n) is 3.70. The van der Waals surface area contributed by atoms with E-state index in [1.807, 2.05) is 12.1 Å². The number of aromatic amines is 1. The zero-order valence-electron chi connectivity index (χ0n) is 13.7. The van der Waals surface area contributed by atoms with Gasteiger partial charge in [0.05, 0.1) is 11.0 Å². The number of H-pyrrole nitrogens is 1. The highest BCUT2D eigenvalue weighted by atomic mass is 16.6. The van der Waals surface area contributed by atoms with Crippen LogP contribution >= 0.6 is 0 Å². The summed E-state index contributed by atoms with van der Waals surface area (Å²) in [5.74, 6) is -1.22. The van der Waals surface area contributed by atoms with E-state index in [0.29, 0.717) is 15.8 Å². The highest BCUT2D eigenvalue weighted by Crippen LogP contribution is 2.21. The van der Waals surface area contributed by atoms with Gasteiger partial charge in [-0.2, -0.15) is 9.99 Å². The fraction of sp³-hybridized carbons (Fsp3) is 0.111. The maximum absolute atomic E-state index is 12.1. The zero-order chi connectivity index (χ0) is 18.7. The molecule has 2 N–H and O–H groups in total. The number of ether oxygens (including phenoxy) is 1. The molecule has 0 fully saturated rings. The quantitative estimate of drug-likeness (QED) is 0.244. The molecule has 0 saturated carbocycles. The molecule has 0 amide bonds. The van der Waals surface area contributed by atoms with Gasteiger partial charge < -0.3 is 20.0 Å². The Kier molecular flexibility index (Phi) is 4.53. The third-order valence-corrected chi connectivity index (χ3v) is 3.70. The second-order valence-electron chi connectivity index (χ2n) is 5.43. The van der Waals surface area contributed by atoms with Crippen LogP contribution in [0.5, 0.6) is 0 Å². The van der Waals surface area contributed by atoms with Gasteiger partial charge in [-0.15, -0.1) is 0 Å². The molecule has 0 saturated heterocycles. The lowest BCUT2D eigenvalue weighted by Crippen LogP contribution is -2.35.